The van der Waals surface area contributed by atoms with Crippen LogP contribution in [0.1, 0.15) is 19.4 Å². The van der Waals surface area contributed by atoms with E-state index >= 15 is 0 Å². The Morgan fingerprint density at radius 3 is 2.61 bits per heavy atom. The molecule has 0 saturated heterocycles. The van der Waals surface area contributed by atoms with Crippen molar-refractivity contribution >= 4 is 45.1 Å². The van der Waals surface area contributed by atoms with Gasteiger partial charge in [0.15, 0.2) is 15.7 Å². The lowest BCUT2D eigenvalue weighted by atomic mass is 10.2. The van der Waals surface area contributed by atoms with E-state index < -0.39 is 26.7 Å². The summed E-state index contributed by atoms with van der Waals surface area (Å²) < 4.78 is 51.9. The first-order chi connectivity index (χ1) is 14.7. The van der Waals surface area contributed by atoms with Crippen LogP contribution in [0, 0.1) is 11.6 Å². The van der Waals surface area contributed by atoms with Crippen LogP contribution in [0.5, 0.6) is 0 Å². The summed E-state index contributed by atoms with van der Waals surface area (Å²) in [5, 5.41) is 6.27. The molecular weight excluding hydrogens is 448 g/mol. The normalized spacial score (nSPS) is 11.8. The Balaban J connectivity index is 1.84. The van der Waals surface area contributed by atoms with Gasteiger partial charge in [-0.3, -0.25) is 0 Å². The molecule has 0 unspecified atom stereocenters. The molecule has 1 aromatic heterocycles. The molecule has 2 N–H and O–H groups in total. The van der Waals surface area contributed by atoms with Crippen LogP contribution in [0.4, 0.5) is 26.2 Å². The van der Waals surface area contributed by atoms with E-state index in [0.29, 0.717) is 5.69 Å². The van der Waals surface area contributed by atoms with Crippen LogP contribution in [0.3, 0.4) is 0 Å². The fourth-order valence-electron chi connectivity index (χ4n) is 2.47. The summed E-state index contributed by atoms with van der Waals surface area (Å²) in [6, 6.07) is 9.47. The molecule has 0 radical (unpaired) electrons. The van der Waals surface area contributed by atoms with E-state index in [0.717, 1.165) is 18.3 Å². The van der Waals surface area contributed by atoms with Gasteiger partial charge in [-0.05, 0) is 38.1 Å². The number of para-hydroxylation sites is 1. The standard InChI is InChI=1S/C20H18ClF2N5O2S/c1-12(2)31(29,30)18-6-4-3-5-17(18)26-19-15(21)11-24-20(27-19)28-25-10-13-7-8-14(22)9-16(13)23/h3-12H,1-2H3,(H2,24,26,27,28)/b25-10+. The monoisotopic (exact) mass is 465 g/mol. The number of halogens is 3. The molecule has 7 nitrogen and oxygen atoms in total. The highest BCUT2D eigenvalue weighted by Gasteiger charge is 2.23. The van der Waals surface area contributed by atoms with Gasteiger partial charge in [-0.15, -0.1) is 0 Å². The maximum Gasteiger partial charge on any atom is 0.245 e. The molecule has 2 aromatic carbocycles. The molecule has 1 heterocycles. The summed E-state index contributed by atoms with van der Waals surface area (Å²) in [7, 11) is -3.55. The van der Waals surface area contributed by atoms with E-state index in [1.54, 1.807) is 32.0 Å². The van der Waals surface area contributed by atoms with Crippen LogP contribution in [0.2, 0.25) is 5.02 Å². The Morgan fingerprint density at radius 2 is 1.90 bits per heavy atom. The van der Waals surface area contributed by atoms with Crippen LogP contribution < -0.4 is 10.7 Å². The van der Waals surface area contributed by atoms with Crippen LogP contribution in [-0.2, 0) is 9.84 Å². The topological polar surface area (TPSA) is 96.3 Å². The van der Waals surface area contributed by atoms with Crippen molar-refractivity contribution in [2.24, 2.45) is 5.10 Å². The largest absolute Gasteiger partial charge is 0.338 e. The van der Waals surface area contributed by atoms with Crippen LogP contribution >= 0.6 is 11.6 Å². The fraction of sp³-hybridized carbons (Fsp3) is 0.150. The second-order valence-corrected chi connectivity index (χ2v) is 9.52. The first kappa shape index (κ1) is 22.6. The minimum Gasteiger partial charge on any atom is -0.338 e. The van der Waals surface area contributed by atoms with Crippen LogP contribution in [0.15, 0.2) is 58.7 Å². The van der Waals surface area contributed by atoms with Crippen molar-refractivity contribution in [1.82, 2.24) is 9.97 Å². The molecule has 0 fully saturated rings. The number of aromatic nitrogens is 2. The maximum absolute atomic E-state index is 13.7. The second kappa shape index (κ2) is 9.36. The summed E-state index contributed by atoms with van der Waals surface area (Å²) in [5.74, 6) is -1.30. The molecular formula is C20H18ClF2N5O2S. The van der Waals surface area contributed by atoms with Crippen molar-refractivity contribution in [3.63, 3.8) is 0 Å². The van der Waals surface area contributed by atoms with E-state index in [4.69, 9.17) is 11.6 Å². The van der Waals surface area contributed by atoms with E-state index in [2.05, 4.69) is 25.8 Å². The zero-order valence-electron chi connectivity index (χ0n) is 16.5. The lowest BCUT2D eigenvalue weighted by Crippen LogP contribution is -2.15. The van der Waals surface area contributed by atoms with Crippen LogP contribution in [0.25, 0.3) is 0 Å². The summed E-state index contributed by atoms with van der Waals surface area (Å²) in [6.45, 7) is 3.18. The Morgan fingerprint density at radius 1 is 1.16 bits per heavy atom. The first-order valence-electron chi connectivity index (χ1n) is 9.05. The van der Waals surface area contributed by atoms with Gasteiger partial charge in [0.25, 0.3) is 0 Å². The van der Waals surface area contributed by atoms with Crippen molar-refractivity contribution in [1.29, 1.82) is 0 Å². The average molecular weight is 466 g/mol. The molecule has 0 atom stereocenters. The quantitative estimate of drug-likeness (QED) is 0.385. The highest BCUT2D eigenvalue weighted by Crippen LogP contribution is 2.30. The van der Waals surface area contributed by atoms with E-state index in [-0.39, 0.29) is 27.2 Å². The van der Waals surface area contributed by atoms with Crippen molar-refractivity contribution in [3.05, 3.63) is 70.9 Å². The Hall–Kier alpha value is -3.11. The van der Waals surface area contributed by atoms with Gasteiger partial charge < -0.3 is 5.32 Å². The Labute approximate surface area is 183 Å². The van der Waals surface area contributed by atoms with Gasteiger partial charge in [0.1, 0.15) is 16.7 Å². The van der Waals surface area contributed by atoms with Crippen molar-refractivity contribution in [2.45, 2.75) is 24.0 Å². The van der Waals surface area contributed by atoms with Crippen molar-refractivity contribution < 1.29 is 17.2 Å². The molecule has 3 rings (SSSR count). The van der Waals surface area contributed by atoms with E-state index in [1.807, 2.05) is 0 Å². The molecule has 11 heteroatoms. The number of anilines is 3. The molecule has 0 aliphatic rings. The molecule has 0 bridgehead atoms. The van der Waals surface area contributed by atoms with Crippen molar-refractivity contribution in [2.75, 3.05) is 10.7 Å². The SMILES string of the molecule is CC(C)S(=O)(=O)c1ccccc1Nc1nc(N/N=C/c2ccc(F)cc2F)ncc1Cl. The third kappa shape index (κ3) is 5.33. The van der Waals surface area contributed by atoms with Gasteiger partial charge in [0.05, 0.1) is 28.2 Å². The summed E-state index contributed by atoms with van der Waals surface area (Å²) >= 11 is 6.15. The number of benzene rings is 2. The van der Waals surface area contributed by atoms with Gasteiger partial charge in [-0.1, -0.05) is 23.7 Å². The molecule has 0 aliphatic heterocycles. The maximum atomic E-state index is 13.7. The lowest BCUT2D eigenvalue weighted by molar-refractivity contribution is 0.582. The lowest BCUT2D eigenvalue weighted by Gasteiger charge is -2.15. The third-order valence-corrected chi connectivity index (χ3v) is 6.63. The van der Waals surface area contributed by atoms with E-state index in [9.17, 15) is 17.2 Å². The number of hydrogen-bond donors (Lipinski definition) is 2. The molecule has 31 heavy (non-hydrogen) atoms. The van der Waals surface area contributed by atoms with E-state index in [1.165, 1.54) is 18.3 Å². The predicted octanol–water partition coefficient (Wildman–Crippen LogP) is 4.78. The van der Waals surface area contributed by atoms with Crippen molar-refractivity contribution in [3.8, 4) is 0 Å². The van der Waals surface area contributed by atoms with Gasteiger partial charge in [0.2, 0.25) is 5.95 Å². The Kier molecular flexibility index (Phi) is 6.81. The number of rotatable bonds is 7. The highest BCUT2D eigenvalue weighted by molar-refractivity contribution is 7.92. The van der Waals surface area contributed by atoms with Gasteiger partial charge in [0, 0.05) is 11.6 Å². The van der Waals surface area contributed by atoms with Gasteiger partial charge >= 0.3 is 0 Å². The minimum absolute atomic E-state index is 0.0230. The first-order valence-corrected chi connectivity index (χ1v) is 11.0. The Bertz CT molecular complexity index is 1240. The molecule has 162 valence electrons. The van der Waals surface area contributed by atoms with Crippen LogP contribution in [-0.4, -0.2) is 29.9 Å². The molecule has 3 aromatic rings. The zero-order chi connectivity index (χ0) is 22.6. The minimum atomic E-state index is -3.55. The smallest absolute Gasteiger partial charge is 0.245 e. The zero-order valence-corrected chi connectivity index (χ0v) is 18.0. The number of hydrazone groups is 1. The van der Waals surface area contributed by atoms with Gasteiger partial charge in [-0.25, -0.2) is 27.6 Å². The highest BCUT2D eigenvalue weighted by atomic mass is 35.5. The predicted molar refractivity (Wildman–Crippen MR) is 117 cm³/mol. The molecule has 0 amide bonds. The average Bonchev–Trinajstić information content (AvgIpc) is 2.72. The molecule has 0 saturated carbocycles. The number of nitrogens with zero attached hydrogens (tertiary/aromatic N) is 3. The second-order valence-electron chi connectivity index (χ2n) is 6.64. The number of sulfone groups is 1. The molecule has 0 aliphatic carbocycles. The third-order valence-electron chi connectivity index (χ3n) is 4.14. The van der Waals surface area contributed by atoms with Gasteiger partial charge in [-0.2, -0.15) is 10.1 Å². The number of nitrogens with one attached hydrogen (secondary N) is 2. The summed E-state index contributed by atoms with van der Waals surface area (Å²) in [6.07, 6.45) is 2.44. The summed E-state index contributed by atoms with van der Waals surface area (Å²) in [5.41, 5.74) is 2.89. The number of hydrogen-bond acceptors (Lipinski definition) is 7. The fourth-order valence-corrected chi connectivity index (χ4v) is 3.81. The summed E-state index contributed by atoms with van der Waals surface area (Å²) in [4.78, 5) is 8.25. The molecule has 0 spiro atoms.